The van der Waals surface area contributed by atoms with E-state index in [0.717, 1.165) is 16.7 Å². The molecular formula is C17H20FN. The lowest BCUT2D eigenvalue weighted by atomic mass is 9.95. The van der Waals surface area contributed by atoms with E-state index in [1.807, 2.05) is 39.1 Å². The number of benzene rings is 2. The minimum Gasteiger partial charge on any atom is -0.313 e. The highest BCUT2D eigenvalue weighted by Crippen LogP contribution is 2.29. The van der Waals surface area contributed by atoms with Crippen molar-refractivity contribution in [2.24, 2.45) is 0 Å². The van der Waals surface area contributed by atoms with Gasteiger partial charge < -0.3 is 5.32 Å². The summed E-state index contributed by atoms with van der Waals surface area (Å²) in [6.45, 7) is 5.97. The Morgan fingerprint density at radius 3 is 2.47 bits per heavy atom. The Bertz CT molecular complexity index is 567. The molecule has 0 aliphatic heterocycles. The van der Waals surface area contributed by atoms with Crippen LogP contribution in [0.2, 0.25) is 0 Å². The minimum atomic E-state index is -0.147. The molecule has 2 heteroatoms. The normalized spacial score (nSPS) is 12.5. The molecule has 1 atom stereocenters. The number of halogens is 1. The van der Waals surface area contributed by atoms with Gasteiger partial charge in [-0.05, 0) is 62.2 Å². The summed E-state index contributed by atoms with van der Waals surface area (Å²) in [4.78, 5) is 0. The van der Waals surface area contributed by atoms with Gasteiger partial charge in [-0.3, -0.25) is 0 Å². The van der Waals surface area contributed by atoms with E-state index >= 15 is 0 Å². The molecule has 1 nitrogen and oxygen atoms in total. The van der Waals surface area contributed by atoms with Gasteiger partial charge in [0.1, 0.15) is 5.82 Å². The van der Waals surface area contributed by atoms with Crippen LogP contribution in [0.25, 0.3) is 11.1 Å². The average Bonchev–Trinajstić information content (AvgIpc) is 2.37. The van der Waals surface area contributed by atoms with E-state index in [0.29, 0.717) is 5.56 Å². The molecule has 0 aromatic heterocycles. The first-order chi connectivity index (χ1) is 9.02. The fourth-order valence-corrected chi connectivity index (χ4v) is 2.41. The van der Waals surface area contributed by atoms with Gasteiger partial charge in [0.15, 0.2) is 0 Å². The zero-order valence-corrected chi connectivity index (χ0v) is 11.9. The Morgan fingerprint density at radius 2 is 1.84 bits per heavy atom. The molecule has 2 aromatic carbocycles. The third-order valence-corrected chi connectivity index (χ3v) is 3.54. The molecule has 1 N–H and O–H groups in total. The van der Waals surface area contributed by atoms with Crippen molar-refractivity contribution in [3.63, 3.8) is 0 Å². The van der Waals surface area contributed by atoms with E-state index in [4.69, 9.17) is 0 Å². The van der Waals surface area contributed by atoms with Crippen molar-refractivity contribution in [2.45, 2.75) is 26.8 Å². The summed E-state index contributed by atoms with van der Waals surface area (Å²) < 4.78 is 14.2. The van der Waals surface area contributed by atoms with Crippen molar-refractivity contribution in [1.29, 1.82) is 0 Å². The smallest absolute Gasteiger partial charge is 0.131 e. The summed E-state index contributed by atoms with van der Waals surface area (Å²) in [5.74, 6) is -0.147. The fraction of sp³-hybridized carbons (Fsp3) is 0.294. The summed E-state index contributed by atoms with van der Waals surface area (Å²) in [6.07, 6.45) is 0. The van der Waals surface area contributed by atoms with Crippen LogP contribution in [0.5, 0.6) is 0 Å². The Labute approximate surface area is 114 Å². The number of aryl methyl sites for hydroxylation is 2. The maximum Gasteiger partial charge on any atom is 0.131 e. The summed E-state index contributed by atoms with van der Waals surface area (Å²) >= 11 is 0. The molecule has 2 rings (SSSR count). The second-order valence-electron chi connectivity index (χ2n) is 5.07. The summed E-state index contributed by atoms with van der Waals surface area (Å²) in [5, 5.41) is 3.20. The predicted octanol–water partition coefficient (Wildman–Crippen LogP) is 4.39. The van der Waals surface area contributed by atoms with Crippen molar-refractivity contribution in [2.75, 3.05) is 7.05 Å². The molecule has 0 bridgehead atoms. The largest absolute Gasteiger partial charge is 0.313 e. The van der Waals surface area contributed by atoms with Gasteiger partial charge in [-0.25, -0.2) is 4.39 Å². The number of hydrogen-bond donors (Lipinski definition) is 1. The average molecular weight is 257 g/mol. The van der Waals surface area contributed by atoms with Crippen LogP contribution in [-0.4, -0.2) is 7.05 Å². The van der Waals surface area contributed by atoms with E-state index in [1.54, 1.807) is 6.07 Å². The molecule has 0 radical (unpaired) electrons. The van der Waals surface area contributed by atoms with Gasteiger partial charge >= 0.3 is 0 Å². The van der Waals surface area contributed by atoms with Gasteiger partial charge in [0, 0.05) is 11.6 Å². The van der Waals surface area contributed by atoms with E-state index in [2.05, 4.69) is 24.4 Å². The molecule has 0 aliphatic rings. The first kappa shape index (κ1) is 13.8. The van der Waals surface area contributed by atoms with Crippen molar-refractivity contribution < 1.29 is 4.39 Å². The lowest BCUT2D eigenvalue weighted by Gasteiger charge is -2.14. The molecule has 2 aromatic rings. The van der Waals surface area contributed by atoms with Crippen LogP contribution < -0.4 is 5.32 Å². The van der Waals surface area contributed by atoms with Crippen LogP contribution in [-0.2, 0) is 0 Å². The Hall–Kier alpha value is -1.67. The lowest BCUT2D eigenvalue weighted by molar-refractivity contribution is 0.628. The number of hydrogen-bond acceptors (Lipinski definition) is 1. The Balaban J connectivity index is 2.54. The highest BCUT2D eigenvalue weighted by atomic mass is 19.1. The van der Waals surface area contributed by atoms with E-state index in [1.165, 1.54) is 5.56 Å². The van der Waals surface area contributed by atoms with Crippen molar-refractivity contribution in [3.8, 4) is 11.1 Å². The molecular weight excluding hydrogens is 237 g/mol. The highest BCUT2D eigenvalue weighted by molar-refractivity contribution is 5.69. The predicted molar refractivity (Wildman–Crippen MR) is 78.8 cm³/mol. The molecule has 0 fully saturated rings. The fourth-order valence-electron chi connectivity index (χ4n) is 2.41. The summed E-state index contributed by atoms with van der Waals surface area (Å²) in [7, 11) is 1.93. The van der Waals surface area contributed by atoms with Crippen LogP contribution in [0.1, 0.15) is 29.7 Å². The van der Waals surface area contributed by atoms with E-state index in [9.17, 15) is 4.39 Å². The highest BCUT2D eigenvalue weighted by Gasteiger charge is 2.11. The summed E-state index contributed by atoms with van der Waals surface area (Å²) in [5.41, 5.74) is 4.75. The van der Waals surface area contributed by atoms with Crippen LogP contribution in [0.4, 0.5) is 4.39 Å². The van der Waals surface area contributed by atoms with Crippen LogP contribution >= 0.6 is 0 Å². The molecule has 0 heterocycles. The minimum absolute atomic E-state index is 0.147. The molecule has 19 heavy (non-hydrogen) atoms. The van der Waals surface area contributed by atoms with E-state index < -0.39 is 0 Å². The van der Waals surface area contributed by atoms with Crippen LogP contribution in [0, 0.1) is 19.7 Å². The molecule has 0 aliphatic carbocycles. The molecule has 0 saturated carbocycles. The maximum absolute atomic E-state index is 14.2. The molecule has 0 amide bonds. The molecule has 100 valence electrons. The third kappa shape index (κ3) is 2.85. The van der Waals surface area contributed by atoms with Gasteiger partial charge in [-0.1, -0.05) is 24.3 Å². The van der Waals surface area contributed by atoms with Crippen molar-refractivity contribution >= 4 is 0 Å². The van der Waals surface area contributed by atoms with Crippen molar-refractivity contribution in [1.82, 2.24) is 5.32 Å². The Morgan fingerprint density at radius 1 is 1.11 bits per heavy atom. The SMILES string of the molecule is CNC(C)c1cccc(-c2c(C)cc(C)cc2F)c1. The molecule has 0 spiro atoms. The second kappa shape index (κ2) is 5.54. The maximum atomic E-state index is 14.2. The quantitative estimate of drug-likeness (QED) is 0.860. The zero-order chi connectivity index (χ0) is 14.0. The second-order valence-corrected chi connectivity index (χ2v) is 5.07. The van der Waals surface area contributed by atoms with Gasteiger partial charge in [0.25, 0.3) is 0 Å². The van der Waals surface area contributed by atoms with Gasteiger partial charge in [-0.2, -0.15) is 0 Å². The van der Waals surface area contributed by atoms with Crippen molar-refractivity contribution in [3.05, 3.63) is 58.9 Å². The molecule has 1 unspecified atom stereocenters. The number of nitrogens with one attached hydrogen (secondary N) is 1. The number of rotatable bonds is 3. The molecule has 0 saturated heterocycles. The first-order valence-corrected chi connectivity index (χ1v) is 6.57. The van der Waals surface area contributed by atoms with Gasteiger partial charge in [-0.15, -0.1) is 0 Å². The standard InChI is InChI=1S/C17H20FN/c1-11-8-12(2)17(16(18)9-11)15-7-5-6-14(10-15)13(3)19-4/h5-10,13,19H,1-4H3. The van der Waals surface area contributed by atoms with Gasteiger partial charge in [0.05, 0.1) is 0 Å². The lowest BCUT2D eigenvalue weighted by Crippen LogP contribution is -2.12. The third-order valence-electron chi connectivity index (χ3n) is 3.54. The first-order valence-electron chi connectivity index (χ1n) is 6.57. The Kier molecular flexibility index (Phi) is 4.01. The summed E-state index contributed by atoms with van der Waals surface area (Å²) in [6, 6.07) is 11.9. The zero-order valence-electron chi connectivity index (χ0n) is 11.9. The van der Waals surface area contributed by atoms with E-state index in [-0.39, 0.29) is 11.9 Å². The van der Waals surface area contributed by atoms with Crippen LogP contribution in [0.3, 0.4) is 0 Å². The van der Waals surface area contributed by atoms with Crippen LogP contribution in [0.15, 0.2) is 36.4 Å². The monoisotopic (exact) mass is 257 g/mol. The van der Waals surface area contributed by atoms with Gasteiger partial charge in [0.2, 0.25) is 0 Å². The topological polar surface area (TPSA) is 12.0 Å².